The van der Waals surface area contributed by atoms with Gasteiger partial charge in [-0.3, -0.25) is 4.79 Å². The average Bonchev–Trinajstić information content (AvgIpc) is 2.78. The van der Waals surface area contributed by atoms with Crippen molar-refractivity contribution in [3.05, 3.63) is 77.0 Å². The predicted molar refractivity (Wildman–Crippen MR) is 120 cm³/mol. The van der Waals surface area contributed by atoms with E-state index in [1.165, 1.54) is 19.2 Å². The van der Waals surface area contributed by atoms with Gasteiger partial charge in [0.05, 0.1) is 30.1 Å². The summed E-state index contributed by atoms with van der Waals surface area (Å²) in [4.78, 5) is 13.7. The molecule has 0 aliphatic rings. The maximum absolute atomic E-state index is 13.5. The summed E-state index contributed by atoms with van der Waals surface area (Å²) in [7, 11) is -0.287. The molecule has 1 heterocycles. The molecule has 0 aliphatic heterocycles. The van der Waals surface area contributed by atoms with Crippen molar-refractivity contribution in [2.75, 3.05) is 20.5 Å². The topological polar surface area (TPSA) is 82.8 Å². The maximum atomic E-state index is 13.5. The largest absolute Gasteiger partial charge is 0.497 e. The van der Waals surface area contributed by atoms with Crippen LogP contribution in [0.4, 0.5) is 0 Å². The summed E-state index contributed by atoms with van der Waals surface area (Å²) in [6.45, 7) is 0. The Bertz CT molecular complexity index is 1430. The molecule has 0 fully saturated rings. The third-order valence-electron chi connectivity index (χ3n) is 5.02. The van der Waals surface area contributed by atoms with Gasteiger partial charge in [-0.15, -0.1) is 0 Å². The van der Waals surface area contributed by atoms with Crippen LogP contribution in [0.15, 0.2) is 80.8 Å². The van der Waals surface area contributed by atoms with Gasteiger partial charge in [0.15, 0.2) is 9.84 Å². The first-order valence-electron chi connectivity index (χ1n) is 9.42. The molecule has 0 atom stereocenters. The first-order valence-corrected chi connectivity index (χ1v) is 11.3. The number of methoxy groups -OCH3 is 2. The Hall–Kier alpha value is -3.58. The minimum Gasteiger partial charge on any atom is -0.497 e. The zero-order valence-electron chi connectivity index (χ0n) is 17.2. The highest BCUT2D eigenvalue weighted by Crippen LogP contribution is 2.38. The summed E-state index contributed by atoms with van der Waals surface area (Å²) >= 11 is 0. The first-order chi connectivity index (χ1) is 14.8. The Morgan fingerprint density at radius 1 is 0.871 bits per heavy atom. The lowest BCUT2D eigenvalue weighted by Crippen LogP contribution is -2.08. The van der Waals surface area contributed by atoms with E-state index in [1.54, 1.807) is 61.7 Å². The standard InChI is InChI=1S/C24H20O6S/c1-28-16-10-13-18(21(14-16)29-2)22-23(25)19-6-4-5-7-20(19)30-24(22)15-8-11-17(12-9-15)31(3,26)27/h4-14H,1-3H3. The lowest BCUT2D eigenvalue weighted by atomic mass is 9.97. The lowest BCUT2D eigenvalue weighted by Gasteiger charge is -2.14. The number of rotatable bonds is 5. The molecular weight excluding hydrogens is 416 g/mol. The van der Waals surface area contributed by atoms with Crippen LogP contribution in [0.1, 0.15) is 0 Å². The Labute approximate surface area is 179 Å². The van der Waals surface area contributed by atoms with Crippen molar-refractivity contribution in [2.24, 2.45) is 0 Å². The Morgan fingerprint density at radius 2 is 1.58 bits per heavy atom. The van der Waals surface area contributed by atoms with E-state index in [-0.39, 0.29) is 10.3 Å². The van der Waals surface area contributed by atoms with E-state index in [2.05, 4.69) is 0 Å². The summed E-state index contributed by atoms with van der Waals surface area (Å²) in [6, 6.07) is 18.4. The van der Waals surface area contributed by atoms with Gasteiger partial charge in [-0.25, -0.2) is 8.42 Å². The Balaban J connectivity index is 2.05. The number of hydrogen-bond donors (Lipinski definition) is 0. The molecule has 0 unspecified atom stereocenters. The number of sulfone groups is 1. The number of benzene rings is 3. The van der Waals surface area contributed by atoms with E-state index in [9.17, 15) is 13.2 Å². The molecule has 0 aliphatic carbocycles. The van der Waals surface area contributed by atoms with Crippen LogP contribution in [-0.2, 0) is 9.84 Å². The van der Waals surface area contributed by atoms with Gasteiger partial charge in [-0.05, 0) is 48.5 Å². The molecule has 31 heavy (non-hydrogen) atoms. The fraction of sp³-hybridized carbons (Fsp3) is 0.125. The normalized spacial score (nSPS) is 11.5. The molecule has 0 saturated carbocycles. The van der Waals surface area contributed by atoms with Gasteiger partial charge in [-0.2, -0.15) is 0 Å². The van der Waals surface area contributed by atoms with Crippen LogP contribution in [0.3, 0.4) is 0 Å². The van der Waals surface area contributed by atoms with Crippen LogP contribution in [0, 0.1) is 0 Å². The molecule has 0 bridgehead atoms. The van der Waals surface area contributed by atoms with Gasteiger partial charge in [0, 0.05) is 23.4 Å². The average molecular weight is 436 g/mol. The van der Waals surface area contributed by atoms with Crippen molar-refractivity contribution < 1.29 is 22.3 Å². The van der Waals surface area contributed by atoms with E-state index in [1.807, 2.05) is 0 Å². The van der Waals surface area contributed by atoms with E-state index in [0.29, 0.717) is 44.9 Å². The summed E-state index contributed by atoms with van der Waals surface area (Å²) in [6.07, 6.45) is 1.14. The third-order valence-corrected chi connectivity index (χ3v) is 6.15. The zero-order chi connectivity index (χ0) is 22.2. The van der Waals surface area contributed by atoms with Crippen molar-refractivity contribution in [3.63, 3.8) is 0 Å². The van der Waals surface area contributed by atoms with Crippen molar-refractivity contribution >= 4 is 20.8 Å². The summed E-state index contributed by atoms with van der Waals surface area (Å²) in [5.41, 5.74) is 1.66. The van der Waals surface area contributed by atoms with E-state index in [4.69, 9.17) is 13.9 Å². The molecule has 3 aromatic carbocycles. The maximum Gasteiger partial charge on any atom is 0.201 e. The van der Waals surface area contributed by atoms with E-state index < -0.39 is 9.84 Å². The fourth-order valence-corrected chi connectivity index (χ4v) is 4.08. The Kier molecular flexibility index (Phi) is 5.29. The minimum absolute atomic E-state index is 0.183. The van der Waals surface area contributed by atoms with Crippen LogP contribution in [0.2, 0.25) is 0 Å². The van der Waals surface area contributed by atoms with Gasteiger partial charge in [-0.1, -0.05) is 12.1 Å². The second-order valence-corrected chi connectivity index (χ2v) is 9.01. The molecule has 0 saturated heterocycles. The van der Waals surface area contributed by atoms with Crippen LogP contribution in [0.25, 0.3) is 33.4 Å². The van der Waals surface area contributed by atoms with E-state index in [0.717, 1.165) is 6.26 Å². The monoisotopic (exact) mass is 436 g/mol. The molecule has 0 N–H and O–H groups in total. The number of ether oxygens (including phenoxy) is 2. The second kappa shape index (κ2) is 7.92. The number of hydrogen-bond acceptors (Lipinski definition) is 6. The van der Waals surface area contributed by atoms with Crippen molar-refractivity contribution in [2.45, 2.75) is 4.90 Å². The third kappa shape index (κ3) is 3.80. The van der Waals surface area contributed by atoms with Gasteiger partial charge in [0.1, 0.15) is 22.8 Å². The van der Waals surface area contributed by atoms with Crippen molar-refractivity contribution in [1.29, 1.82) is 0 Å². The van der Waals surface area contributed by atoms with Crippen LogP contribution < -0.4 is 14.9 Å². The fourth-order valence-electron chi connectivity index (χ4n) is 3.45. The highest BCUT2D eigenvalue weighted by molar-refractivity contribution is 7.90. The molecule has 4 rings (SSSR count). The highest BCUT2D eigenvalue weighted by atomic mass is 32.2. The molecule has 7 heteroatoms. The molecule has 158 valence electrons. The smallest absolute Gasteiger partial charge is 0.201 e. The molecular formula is C24H20O6S. The van der Waals surface area contributed by atoms with Gasteiger partial charge < -0.3 is 13.9 Å². The predicted octanol–water partition coefficient (Wildman–Crippen LogP) is 4.55. The molecule has 0 radical (unpaired) electrons. The van der Waals surface area contributed by atoms with Gasteiger partial charge in [0.25, 0.3) is 0 Å². The SMILES string of the molecule is COc1ccc(-c2c(-c3ccc(S(C)(=O)=O)cc3)oc3ccccc3c2=O)c(OC)c1. The molecule has 0 amide bonds. The lowest BCUT2D eigenvalue weighted by molar-refractivity contribution is 0.395. The molecule has 0 spiro atoms. The summed E-state index contributed by atoms with van der Waals surface area (Å²) < 4.78 is 40.6. The van der Waals surface area contributed by atoms with Gasteiger partial charge >= 0.3 is 0 Å². The Morgan fingerprint density at radius 3 is 2.23 bits per heavy atom. The second-order valence-electron chi connectivity index (χ2n) is 6.99. The summed E-state index contributed by atoms with van der Waals surface area (Å²) in [5, 5.41) is 0.437. The van der Waals surface area contributed by atoms with Crippen molar-refractivity contribution in [3.8, 4) is 33.9 Å². The van der Waals surface area contributed by atoms with E-state index >= 15 is 0 Å². The summed E-state index contributed by atoms with van der Waals surface area (Å²) in [5.74, 6) is 1.37. The van der Waals surface area contributed by atoms with Crippen molar-refractivity contribution in [1.82, 2.24) is 0 Å². The highest BCUT2D eigenvalue weighted by Gasteiger charge is 2.21. The van der Waals surface area contributed by atoms with Crippen LogP contribution in [0.5, 0.6) is 11.5 Å². The molecule has 6 nitrogen and oxygen atoms in total. The van der Waals surface area contributed by atoms with Crippen LogP contribution >= 0.6 is 0 Å². The number of fused-ring (bicyclic) bond motifs is 1. The minimum atomic E-state index is -3.35. The molecule has 4 aromatic rings. The molecule has 1 aromatic heterocycles. The quantitative estimate of drug-likeness (QED) is 0.457. The number of para-hydroxylation sites is 1. The zero-order valence-corrected chi connectivity index (χ0v) is 18.0. The van der Waals surface area contributed by atoms with Crippen LogP contribution in [-0.4, -0.2) is 28.9 Å². The first kappa shape index (κ1) is 20.7. The van der Waals surface area contributed by atoms with Gasteiger partial charge in [0.2, 0.25) is 5.43 Å².